The van der Waals surface area contributed by atoms with Crippen LogP contribution in [0.25, 0.3) is 0 Å². The minimum atomic E-state index is -4.19. The van der Waals surface area contributed by atoms with Crippen molar-refractivity contribution in [3.8, 4) is 5.75 Å². The number of nitrogens with zero attached hydrogens (tertiary/aromatic N) is 2. The highest BCUT2D eigenvalue weighted by atomic mass is 32.2. The van der Waals surface area contributed by atoms with Crippen molar-refractivity contribution < 1.29 is 22.7 Å². The molecule has 1 N–H and O–H groups in total. The Kier molecular flexibility index (Phi) is 11.2. The number of benzene rings is 4. The Morgan fingerprint density at radius 1 is 0.841 bits per heavy atom. The number of hydrogen-bond donors (Lipinski definition) is 1. The number of methoxy groups -OCH3 is 1. The number of nitrogens with one attached hydrogen (secondary N) is 1. The second-order valence-electron chi connectivity index (χ2n) is 10.5. The standard InChI is InChI=1S/C35H39N3O5S/c1-4-22-36-35(40)33(23-28-12-7-5-8-13-28)37(25-29-14-9-6-10-15-29)34(39)26-38(30-16-11-17-31(24-30)43-3)44(41,42)32-20-18-27(2)19-21-32/h5-21,24,33H,4,22-23,25-26H2,1-3H3,(H,36,40)/t33-/m0/s1. The maximum atomic E-state index is 14.4. The highest BCUT2D eigenvalue weighted by Gasteiger charge is 2.34. The number of anilines is 1. The third kappa shape index (κ3) is 8.26. The van der Waals surface area contributed by atoms with Gasteiger partial charge in [-0.15, -0.1) is 0 Å². The lowest BCUT2D eigenvalue weighted by molar-refractivity contribution is -0.140. The molecule has 0 spiro atoms. The van der Waals surface area contributed by atoms with Crippen molar-refractivity contribution in [1.82, 2.24) is 10.2 Å². The van der Waals surface area contributed by atoms with Gasteiger partial charge in [-0.2, -0.15) is 0 Å². The topological polar surface area (TPSA) is 96.0 Å². The zero-order valence-electron chi connectivity index (χ0n) is 25.3. The average molecular weight is 614 g/mol. The lowest BCUT2D eigenvalue weighted by atomic mass is 10.0. The molecule has 4 aromatic rings. The van der Waals surface area contributed by atoms with Gasteiger partial charge in [0.05, 0.1) is 17.7 Å². The SMILES string of the molecule is CCCNC(=O)[C@H](Cc1ccccc1)N(Cc1ccccc1)C(=O)CN(c1cccc(OC)c1)S(=O)(=O)c1ccc(C)cc1. The fourth-order valence-corrected chi connectivity index (χ4v) is 6.24. The molecule has 4 rings (SSSR count). The van der Waals surface area contributed by atoms with Crippen LogP contribution in [0.2, 0.25) is 0 Å². The summed E-state index contributed by atoms with van der Waals surface area (Å²) < 4.78 is 34.7. The number of hydrogen-bond acceptors (Lipinski definition) is 5. The smallest absolute Gasteiger partial charge is 0.264 e. The van der Waals surface area contributed by atoms with Gasteiger partial charge in [-0.25, -0.2) is 8.42 Å². The zero-order valence-corrected chi connectivity index (χ0v) is 26.2. The Bertz CT molecular complexity index is 1630. The van der Waals surface area contributed by atoms with Crippen LogP contribution >= 0.6 is 0 Å². The van der Waals surface area contributed by atoms with E-state index in [1.165, 1.54) is 24.1 Å². The number of carbonyl (C=O) groups is 2. The van der Waals surface area contributed by atoms with Crippen LogP contribution in [0.5, 0.6) is 5.75 Å². The van der Waals surface area contributed by atoms with Gasteiger partial charge in [0, 0.05) is 25.6 Å². The summed E-state index contributed by atoms with van der Waals surface area (Å²) in [6, 6.07) is 31.1. The zero-order chi connectivity index (χ0) is 31.5. The van der Waals surface area contributed by atoms with Crippen LogP contribution in [0.4, 0.5) is 5.69 Å². The second kappa shape index (κ2) is 15.2. The summed E-state index contributed by atoms with van der Waals surface area (Å²) in [6.45, 7) is 3.88. The van der Waals surface area contributed by atoms with E-state index in [2.05, 4.69) is 5.32 Å². The van der Waals surface area contributed by atoms with E-state index in [4.69, 9.17) is 4.74 Å². The first-order chi connectivity index (χ1) is 21.2. The highest BCUT2D eigenvalue weighted by Crippen LogP contribution is 2.28. The van der Waals surface area contributed by atoms with Crippen LogP contribution in [0.1, 0.15) is 30.0 Å². The molecule has 9 heteroatoms. The number of aryl methyl sites for hydroxylation is 1. The number of carbonyl (C=O) groups excluding carboxylic acids is 2. The molecule has 0 saturated heterocycles. The quantitative estimate of drug-likeness (QED) is 0.207. The third-order valence-corrected chi connectivity index (χ3v) is 9.03. The van der Waals surface area contributed by atoms with Crippen LogP contribution in [0, 0.1) is 6.92 Å². The Labute approximate surface area is 260 Å². The first kappa shape index (κ1) is 32.3. The third-order valence-electron chi connectivity index (χ3n) is 7.25. The molecular weight excluding hydrogens is 574 g/mol. The van der Waals surface area contributed by atoms with Crippen molar-refractivity contribution in [2.45, 2.75) is 44.2 Å². The van der Waals surface area contributed by atoms with Crippen LogP contribution in [-0.4, -0.2) is 51.4 Å². The molecule has 4 aromatic carbocycles. The van der Waals surface area contributed by atoms with Crippen LogP contribution in [0.3, 0.4) is 0 Å². The van der Waals surface area contributed by atoms with E-state index < -0.39 is 28.5 Å². The molecule has 0 fully saturated rings. The first-order valence-electron chi connectivity index (χ1n) is 14.6. The van der Waals surface area contributed by atoms with E-state index in [0.717, 1.165) is 27.4 Å². The molecule has 8 nitrogen and oxygen atoms in total. The largest absolute Gasteiger partial charge is 0.497 e. The maximum absolute atomic E-state index is 14.4. The molecular formula is C35H39N3O5S. The predicted octanol–water partition coefficient (Wildman–Crippen LogP) is 5.37. The normalized spacial score (nSPS) is 11.8. The Morgan fingerprint density at radius 3 is 2.09 bits per heavy atom. The van der Waals surface area contributed by atoms with E-state index in [1.807, 2.05) is 74.5 Å². The van der Waals surface area contributed by atoms with Gasteiger partial charge in [0.25, 0.3) is 10.0 Å². The fraction of sp³-hybridized carbons (Fsp3) is 0.257. The summed E-state index contributed by atoms with van der Waals surface area (Å²) in [5, 5.41) is 2.95. The van der Waals surface area contributed by atoms with E-state index in [1.54, 1.807) is 36.4 Å². The lowest BCUT2D eigenvalue weighted by Crippen LogP contribution is -2.53. The molecule has 230 valence electrons. The van der Waals surface area contributed by atoms with Gasteiger partial charge >= 0.3 is 0 Å². The van der Waals surface area contributed by atoms with E-state index in [-0.39, 0.29) is 29.5 Å². The second-order valence-corrected chi connectivity index (χ2v) is 12.4. The maximum Gasteiger partial charge on any atom is 0.264 e. The Hall–Kier alpha value is -4.63. The molecule has 0 aromatic heterocycles. The molecule has 0 radical (unpaired) electrons. The highest BCUT2D eigenvalue weighted by molar-refractivity contribution is 7.92. The molecule has 0 bridgehead atoms. The number of sulfonamides is 1. The average Bonchev–Trinajstić information content (AvgIpc) is 3.05. The summed E-state index contributed by atoms with van der Waals surface area (Å²) in [5.41, 5.74) is 2.88. The molecule has 0 unspecified atom stereocenters. The molecule has 0 aliphatic carbocycles. The molecule has 2 amide bonds. The van der Waals surface area contributed by atoms with E-state index in [0.29, 0.717) is 12.3 Å². The predicted molar refractivity (Wildman–Crippen MR) is 173 cm³/mol. The van der Waals surface area contributed by atoms with Gasteiger partial charge in [-0.1, -0.05) is 91.3 Å². The van der Waals surface area contributed by atoms with E-state index in [9.17, 15) is 18.0 Å². The summed E-state index contributed by atoms with van der Waals surface area (Å²) >= 11 is 0. The van der Waals surface area contributed by atoms with Gasteiger partial charge < -0.3 is 15.0 Å². The number of rotatable bonds is 14. The van der Waals surface area contributed by atoms with Crippen molar-refractivity contribution in [3.63, 3.8) is 0 Å². The van der Waals surface area contributed by atoms with Gasteiger partial charge in [0.15, 0.2) is 0 Å². The van der Waals surface area contributed by atoms with Gasteiger partial charge in [-0.05, 0) is 48.7 Å². The molecule has 0 aliphatic heterocycles. The summed E-state index contributed by atoms with van der Waals surface area (Å²) in [5.74, 6) is -0.365. The minimum Gasteiger partial charge on any atom is -0.497 e. The Balaban J connectivity index is 1.79. The molecule has 0 heterocycles. The van der Waals surface area contributed by atoms with Crippen molar-refractivity contribution in [1.29, 1.82) is 0 Å². The van der Waals surface area contributed by atoms with Crippen molar-refractivity contribution >= 4 is 27.5 Å². The Morgan fingerprint density at radius 2 is 1.48 bits per heavy atom. The summed E-state index contributed by atoms with van der Waals surface area (Å²) in [6.07, 6.45) is 0.994. The monoisotopic (exact) mass is 613 g/mol. The molecule has 0 saturated carbocycles. The summed E-state index contributed by atoms with van der Waals surface area (Å²) in [4.78, 5) is 29.7. The van der Waals surface area contributed by atoms with Crippen molar-refractivity contribution in [3.05, 3.63) is 126 Å². The molecule has 44 heavy (non-hydrogen) atoms. The van der Waals surface area contributed by atoms with E-state index >= 15 is 0 Å². The van der Waals surface area contributed by atoms with Crippen molar-refractivity contribution in [2.75, 3.05) is 24.5 Å². The number of ether oxygens (including phenoxy) is 1. The van der Waals surface area contributed by atoms with Crippen LogP contribution < -0.4 is 14.4 Å². The van der Waals surface area contributed by atoms with Crippen LogP contribution in [-0.2, 0) is 32.6 Å². The molecule has 0 aliphatic rings. The molecule has 1 atom stereocenters. The first-order valence-corrected chi connectivity index (χ1v) is 16.1. The van der Waals surface area contributed by atoms with Gasteiger partial charge in [-0.3, -0.25) is 13.9 Å². The summed E-state index contributed by atoms with van der Waals surface area (Å²) in [7, 11) is -2.69. The van der Waals surface area contributed by atoms with Gasteiger partial charge in [0.2, 0.25) is 11.8 Å². The lowest BCUT2D eigenvalue weighted by Gasteiger charge is -2.34. The fourth-order valence-electron chi connectivity index (χ4n) is 4.83. The number of amides is 2. The minimum absolute atomic E-state index is 0.0508. The van der Waals surface area contributed by atoms with Crippen LogP contribution in [0.15, 0.2) is 114 Å². The van der Waals surface area contributed by atoms with Gasteiger partial charge in [0.1, 0.15) is 18.3 Å². The van der Waals surface area contributed by atoms with Crippen molar-refractivity contribution in [2.24, 2.45) is 0 Å².